The summed E-state index contributed by atoms with van der Waals surface area (Å²) in [5, 5.41) is 0. The summed E-state index contributed by atoms with van der Waals surface area (Å²) in [6.07, 6.45) is -0.0173. The molecule has 0 spiro atoms. The third kappa shape index (κ3) is 3.15. The average molecular weight is 432 g/mol. The second kappa shape index (κ2) is 7.77. The molecular weight excluding hydrogens is 412 g/mol. The van der Waals surface area contributed by atoms with Gasteiger partial charge in [0.2, 0.25) is 0 Å². The molecule has 1 atom stereocenters. The van der Waals surface area contributed by atoms with Gasteiger partial charge in [-0.05, 0) is 17.7 Å². The van der Waals surface area contributed by atoms with Crippen LogP contribution in [0.2, 0.25) is 0 Å². The summed E-state index contributed by atoms with van der Waals surface area (Å²) in [7, 11) is 2.57. The van der Waals surface area contributed by atoms with Gasteiger partial charge in [-0.1, -0.05) is 42.5 Å². The van der Waals surface area contributed by atoms with Crippen LogP contribution < -0.4 is 17.0 Å². The van der Waals surface area contributed by atoms with Crippen LogP contribution in [0.3, 0.4) is 0 Å². The molecule has 0 radical (unpaired) electrons. The number of nitrogen functional groups attached to an aromatic ring is 1. The molecule has 1 unspecified atom stereocenters. The largest absolute Gasteiger partial charge is 0.384 e. The zero-order valence-corrected chi connectivity index (χ0v) is 17.4. The standard InChI is InChI=1S/C23H20N4O5/c1-25-19(24)17(22(31)26(2)23(25)32)18(28)16(12-13-8-4-3-5-9-13)27-20(29)14-10-6-7-11-15(14)21(27)30/h3-11,16H,12,24H2,1-2H3. The minimum atomic E-state index is -1.32. The van der Waals surface area contributed by atoms with Gasteiger partial charge in [-0.25, -0.2) is 4.79 Å². The monoisotopic (exact) mass is 432 g/mol. The highest BCUT2D eigenvalue weighted by molar-refractivity contribution is 6.24. The summed E-state index contributed by atoms with van der Waals surface area (Å²) in [6.45, 7) is 0. The Hall–Kier alpha value is -4.27. The predicted molar refractivity (Wildman–Crippen MR) is 117 cm³/mol. The van der Waals surface area contributed by atoms with Crippen molar-refractivity contribution in [3.05, 3.63) is 97.7 Å². The van der Waals surface area contributed by atoms with Crippen LogP contribution in [0.1, 0.15) is 36.6 Å². The van der Waals surface area contributed by atoms with Gasteiger partial charge in [-0.15, -0.1) is 0 Å². The fourth-order valence-corrected chi connectivity index (χ4v) is 3.89. The zero-order valence-electron chi connectivity index (χ0n) is 17.4. The van der Waals surface area contributed by atoms with E-state index in [0.717, 1.165) is 14.0 Å². The first-order chi connectivity index (χ1) is 15.2. The Balaban J connectivity index is 1.88. The topological polar surface area (TPSA) is 124 Å². The highest BCUT2D eigenvalue weighted by Crippen LogP contribution is 2.27. The van der Waals surface area contributed by atoms with Crippen molar-refractivity contribution in [3.8, 4) is 0 Å². The van der Waals surface area contributed by atoms with E-state index in [4.69, 9.17) is 5.73 Å². The molecule has 2 heterocycles. The van der Waals surface area contributed by atoms with Gasteiger partial charge in [0, 0.05) is 20.5 Å². The number of amides is 2. The minimum Gasteiger partial charge on any atom is -0.384 e. The Morgan fingerprint density at radius 1 is 0.844 bits per heavy atom. The number of benzene rings is 2. The van der Waals surface area contributed by atoms with E-state index in [0.29, 0.717) is 5.56 Å². The molecule has 4 rings (SSSR count). The molecule has 2 aromatic carbocycles. The van der Waals surface area contributed by atoms with Gasteiger partial charge in [-0.2, -0.15) is 0 Å². The number of Topliss-reactive ketones (excluding diaryl/α,β-unsaturated/α-hetero) is 1. The van der Waals surface area contributed by atoms with E-state index in [-0.39, 0.29) is 23.4 Å². The van der Waals surface area contributed by atoms with Crippen LogP contribution in [0, 0.1) is 0 Å². The molecule has 1 aliphatic rings. The highest BCUT2D eigenvalue weighted by Gasteiger charge is 2.44. The summed E-state index contributed by atoms with van der Waals surface area (Å²) in [6, 6.07) is 13.8. The van der Waals surface area contributed by atoms with Crippen molar-refractivity contribution in [1.29, 1.82) is 0 Å². The number of carbonyl (C=O) groups is 3. The number of aromatic nitrogens is 2. The Kier molecular flexibility index (Phi) is 5.09. The number of fused-ring (bicyclic) bond motifs is 1. The molecule has 32 heavy (non-hydrogen) atoms. The van der Waals surface area contributed by atoms with Crippen molar-refractivity contribution in [2.24, 2.45) is 14.1 Å². The van der Waals surface area contributed by atoms with Crippen molar-refractivity contribution in [1.82, 2.24) is 14.0 Å². The molecule has 0 aliphatic carbocycles. The van der Waals surface area contributed by atoms with Crippen LogP contribution in [-0.4, -0.2) is 37.7 Å². The van der Waals surface area contributed by atoms with Crippen molar-refractivity contribution in [2.45, 2.75) is 12.5 Å². The van der Waals surface area contributed by atoms with Gasteiger partial charge >= 0.3 is 5.69 Å². The van der Waals surface area contributed by atoms with Crippen molar-refractivity contribution < 1.29 is 14.4 Å². The Labute approximate surface area is 182 Å². The van der Waals surface area contributed by atoms with Gasteiger partial charge in [-0.3, -0.25) is 33.2 Å². The van der Waals surface area contributed by atoms with Crippen LogP contribution in [0.25, 0.3) is 0 Å². The molecule has 0 bridgehead atoms. The van der Waals surface area contributed by atoms with E-state index in [1.807, 2.05) is 0 Å². The van der Waals surface area contributed by atoms with E-state index in [1.165, 1.54) is 26.2 Å². The maximum atomic E-state index is 13.7. The molecule has 2 N–H and O–H groups in total. The van der Waals surface area contributed by atoms with Crippen LogP contribution in [0.5, 0.6) is 0 Å². The first-order valence-corrected chi connectivity index (χ1v) is 9.84. The third-order valence-corrected chi connectivity index (χ3v) is 5.67. The number of rotatable bonds is 5. The third-order valence-electron chi connectivity index (χ3n) is 5.67. The molecule has 1 aromatic heterocycles. The Morgan fingerprint density at radius 3 is 1.94 bits per heavy atom. The number of nitrogens with two attached hydrogens (primary N) is 1. The number of hydrogen-bond donors (Lipinski definition) is 1. The van der Waals surface area contributed by atoms with Crippen LogP contribution in [0.4, 0.5) is 5.82 Å². The lowest BCUT2D eigenvalue weighted by Crippen LogP contribution is -2.50. The Bertz CT molecular complexity index is 1350. The summed E-state index contributed by atoms with van der Waals surface area (Å²) in [5.74, 6) is -2.38. The fourth-order valence-electron chi connectivity index (χ4n) is 3.89. The summed E-state index contributed by atoms with van der Waals surface area (Å²) in [5.41, 5.74) is 5.02. The number of nitrogens with zero attached hydrogens (tertiary/aromatic N) is 3. The number of hydrogen-bond acceptors (Lipinski definition) is 6. The lowest BCUT2D eigenvalue weighted by atomic mass is 9.96. The SMILES string of the molecule is Cn1c(N)c(C(=O)C(Cc2ccccc2)N2C(=O)c3ccccc3C2=O)c(=O)n(C)c1=O. The average Bonchev–Trinajstić information content (AvgIpc) is 3.05. The van der Waals surface area contributed by atoms with Gasteiger partial charge in [0.25, 0.3) is 17.4 Å². The van der Waals surface area contributed by atoms with E-state index < -0.39 is 40.5 Å². The summed E-state index contributed by atoms with van der Waals surface area (Å²) in [4.78, 5) is 65.8. The highest BCUT2D eigenvalue weighted by atomic mass is 16.2. The molecular formula is C23H20N4O5. The molecule has 3 aromatic rings. The fraction of sp³-hybridized carbons (Fsp3) is 0.174. The molecule has 0 fully saturated rings. The second-order valence-electron chi connectivity index (χ2n) is 7.56. The normalized spacial score (nSPS) is 13.9. The quantitative estimate of drug-likeness (QED) is 0.469. The van der Waals surface area contributed by atoms with E-state index >= 15 is 0 Å². The smallest absolute Gasteiger partial charge is 0.332 e. The van der Waals surface area contributed by atoms with Gasteiger partial charge in [0.05, 0.1) is 11.1 Å². The van der Waals surface area contributed by atoms with Crippen LogP contribution in [0.15, 0.2) is 64.2 Å². The van der Waals surface area contributed by atoms with Crippen molar-refractivity contribution in [3.63, 3.8) is 0 Å². The maximum absolute atomic E-state index is 13.7. The lowest BCUT2D eigenvalue weighted by Gasteiger charge is -2.26. The molecule has 9 heteroatoms. The number of carbonyl (C=O) groups excluding carboxylic acids is 3. The minimum absolute atomic E-state index is 0.0173. The maximum Gasteiger partial charge on any atom is 0.332 e. The predicted octanol–water partition coefficient (Wildman–Crippen LogP) is 0.756. The molecule has 2 amide bonds. The molecule has 0 saturated carbocycles. The number of ketones is 1. The van der Waals surface area contributed by atoms with E-state index in [1.54, 1.807) is 42.5 Å². The van der Waals surface area contributed by atoms with Gasteiger partial charge < -0.3 is 5.73 Å². The second-order valence-corrected chi connectivity index (χ2v) is 7.56. The van der Waals surface area contributed by atoms with E-state index in [9.17, 15) is 24.0 Å². The van der Waals surface area contributed by atoms with Crippen LogP contribution >= 0.6 is 0 Å². The summed E-state index contributed by atoms with van der Waals surface area (Å²) < 4.78 is 1.75. The van der Waals surface area contributed by atoms with E-state index in [2.05, 4.69) is 0 Å². The zero-order chi connectivity index (χ0) is 23.2. The molecule has 162 valence electrons. The van der Waals surface area contributed by atoms with Gasteiger partial charge in [0.15, 0.2) is 5.78 Å². The molecule has 1 aliphatic heterocycles. The Morgan fingerprint density at radius 2 is 1.38 bits per heavy atom. The lowest BCUT2D eigenvalue weighted by molar-refractivity contribution is 0.0539. The van der Waals surface area contributed by atoms with Crippen molar-refractivity contribution in [2.75, 3.05) is 5.73 Å². The van der Waals surface area contributed by atoms with Gasteiger partial charge in [0.1, 0.15) is 17.4 Å². The first-order valence-electron chi connectivity index (χ1n) is 9.84. The summed E-state index contributed by atoms with van der Waals surface area (Å²) >= 11 is 0. The number of anilines is 1. The van der Waals surface area contributed by atoms with Crippen LogP contribution in [-0.2, 0) is 20.5 Å². The number of imide groups is 1. The van der Waals surface area contributed by atoms with Crippen molar-refractivity contribution >= 4 is 23.4 Å². The molecule has 0 saturated heterocycles. The molecule has 9 nitrogen and oxygen atoms in total. The first kappa shape index (κ1) is 21.0.